The summed E-state index contributed by atoms with van der Waals surface area (Å²) in [5.74, 6) is 0.421. The van der Waals surface area contributed by atoms with Crippen molar-refractivity contribution in [2.75, 3.05) is 25.2 Å². The minimum Gasteiger partial charge on any atom is -0.486 e. The van der Waals surface area contributed by atoms with Crippen molar-refractivity contribution in [3.63, 3.8) is 0 Å². The number of thioether (sulfide) groups is 1. The fraction of sp³-hybridized carbons (Fsp3) is 0.316. The van der Waals surface area contributed by atoms with E-state index in [1.165, 1.54) is 40.9 Å². The van der Waals surface area contributed by atoms with Gasteiger partial charge in [-0.05, 0) is 31.2 Å². The second kappa shape index (κ2) is 9.88. The van der Waals surface area contributed by atoms with Crippen molar-refractivity contribution < 1.29 is 18.7 Å². The third-order valence-electron chi connectivity index (χ3n) is 4.08. The number of anilines is 1. The molecule has 2 aromatic heterocycles. The predicted molar refractivity (Wildman–Crippen MR) is 116 cm³/mol. The minimum absolute atomic E-state index is 0.0976. The zero-order chi connectivity index (χ0) is 22.5. The lowest BCUT2D eigenvalue weighted by molar-refractivity contribution is -0.113. The molecule has 0 saturated heterocycles. The van der Waals surface area contributed by atoms with Gasteiger partial charge >= 0.3 is 0 Å². The maximum absolute atomic E-state index is 13.0. The molecule has 0 bridgehead atoms. The molecular weight excluding hydrogens is 443 g/mol. The number of halogens is 1. The molecule has 31 heavy (non-hydrogen) atoms. The summed E-state index contributed by atoms with van der Waals surface area (Å²) in [4.78, 5) is 30.6. The molecule has 0 aliphatic carbocycles. The first kappa shape index (κ1) is 22.7. The van der Waals surface area contributed by atoms with Gasteiger partial charge in [-0.15, -0.1) is 10.2 Å². The van der Waals surface area contributed by atoms with Crippen LogP contribution < -0.4 is 10.1 Å². The van der Waals surface area contributed by atoms with Gasteiger partial charge in [-0.2, -0.15) is 0 Å². The maximum Gasteiger partial charge on any atom is 0.265 e. The molecular formula is C19H21FN6O3S2. The zero-order valence-corrected chi connectivity index (χ0v) is 19.0. The molecule has 0 fully saturated rings. The Morgan fingerprint density at radius 2 is 1.97 bits per heavy atom. The number of carbonyl (C=O) groups excluding carboxylic acids is 2. The van der Waals surface area contributed by atoms with Gasteiger partial charge in [-0.1, -0.05) is 23.1 Å². The van der Waals surface area contributed by atoms with Crippen molar-refractivity contribution in [2.24, 2.45) is 7.05 Å². The third-order valence-corrected chi connectivity index (χ3v) is 6.16. The third kappa shape index (κ3) is 5.79. The summed E-state index contributed by atoms with van der Waals surface area (Å²) >= 11 is 2.36. The number of nitrogens with zero attached hydrogens (tertiary/aromatic N) is 5. The highest BCUT2D eigenvalue weighted by Crippen LogP contribution is 2.24. The summed E-state index contributed by atoms with van der Waals surface area (Å²) in [6, 6.07) is 5.69. The first-order valence-corrected chi connectivity index (χ1v) is 10.9. The number of carbonyl (C=O) groups is 2. The molecule has 0 unspecified atom stereocenters. The summed E-state index contributed by atoms with van der Waals surface area (Å²) in [5, 5.41) is 11.8. The van der Waals surface area contributed by atoms with Crippen molar-refractivity contribution in [3.05, 3.63) is 46.5 Å². The second-order valence-electron chi connectivity index (χ2n) is 6.67. The second-order valence-corrected chi connectivity index (χ2v) is 8.61. The van der Waals surface area contributed by atoms with E-state index in [-0.39, 0.29) is 30.0 Å². The number of hydrogen-bond donors (Lipinski definition) is 1. The van der Waals surface area contributed by atoms with Gasteiger partial charge in [0.15, 0.2) is 16.1 Å². The van der Waals surface area contributed by atoms with Crippen LogP contribution in [0.2, 0.25) is 0 Å². The molecule has 12 heteroatoms. The average Bonchev–Trinajstić information content (AvgIpc) is 3.27. The van der Waals surface area contributed by atoms with Crippen molar-refractivity contribution in [1.29, 1.82) is 0 Å². The number of ether oxygens (including phenoxy) is 1. The summed E-state index contributed by atoms with van der Waals surface area (Å²) in [6.45, 7) is 1.88. The van der Waals surface area contributed by atoms with Crippen LogP contribution in [0.3, 0.4) is 0 Å². The first-order chi connectivity index (χ1) is 14.7. The highest BCUT2D eigenvalue weighted by atomic mass is 32.2. The number of thiazole rings is 1. The lowest BCUT2D eigenvalue weighted by atomic mass is 10.3. The Morgan fingerprint density at radius 3 is 2.65 bits per heavy atom. The minimum atomic E-state index is -0.337. The molecule has 0 aliphatic rings. The molecule has 0 saturated carbocycles. The lowest BCUT2D eigenvalue weighted by Gasteiger charge is -2.07. The van der Waals surface area contributed by atoms with Crippen molar-refractivity contribution >= 4 is 40.0 Å². The smallest absolute Gasteiger partial charge is 0.265 e. The maximum atomic E-state index is 13.0. The Kier molecular flexibility index (Phi) is 7.23. The van der Waals surface area contributed by atoms with Gasteiger partial charge in [0.2, 0.25) is 5.91 Å². The van der Waals surface area contributed by atoms with Crippen LogP contribution in [0.5, 0.6) is 5.75 Å². The number of aromatic nitrogens is 4. The number of nitrogens with one attached hydrogen (secondary N) is 1. The van der Waals surface area contributed by atoms with E-state index in [1.54, 1.807) is 32.6 Å². The Bertz CT molecular complexity index is 1080. The van der Waals surface area contributed by atoms with Crippen LogP contribution in [0.1, 0.15) is 21.2 Å². The summed E-state index contributed by atoms with van der Waals surface area (Å²) in [6.07, 6.45) is 0. The Morgan fingerprint density at radius 1 is 1.26 bits per heavy atom. The van der Waals surface area contributed by atoms with Crippen LogP contribution in [0.4, 0.5) is 9.52 Å². The van der Waals surface area contributed by atoms with Gasteiger partial charge in [0.05, 0.1) is 11.4 Å². The Balaban J connectivity index is 1.53. The van der Waals surface area contributed by atoms with Crippen LogP contribution in [0.25, 0.3) is 0 Å². The van der Waals surface area contributed by atoms with E-state index >= 15 is 0 Å². The summed E-state index contributed by atoms with van der Waals surface area (Å²) in [5.41, 5.74) is 0.575. The molecule has 0 spiro atoms. The monoisotopic (exact) mass is 464 g/mol. The zero-order valence-electron chi connectivity index (χ0n) is 17.4. The van der Waals surface area contributed by atoms with E-state index in [2.05, 4.69) is 20.5 Å². The number of aryl methyl sites for hydroxylation is 1. The molecule has 0 aliphatic heterocycles. The van der Waals surface area contributed by atoms with Crippen LogP contribution >= 0.6 is 23.1 Å². The molecule has 0 radical (unpaired) electrons. The Labute approximate surface area is 186 Å². The topological polar surface area (TPSA) is 102 Å². The molecule has 2 heterocycles. The van der Waals surface area contributed by atoms with Gasteiger partial charge in [0.25, 0.3) is 5.91 Å². The van der Waals surface area contributed by atoms with Crippen molar-refractivity contribution in [2.45, 2.75) is 18.7 Å². The van der Waals surface area contributed by atoms with E-state index < -0.39 is 0 Å². The number of hydrogen-bond acceptors (Lipinski definition) is 8. The van der Waals surface area contributed by atoms with Gasteiger partial charge in [0.1, 0.15) is 23.1 Å². The SMILES string of the molecule is Cc1nc(NC(=O)CSc2nnc(COc3ccc(F)cc3)n2C)sc1C(=O)N(C)C. The van der Waals surface area contributed by atoms with Gasteiger partial charge in [0, 0.05) is 21.1 Å². The molecule has 1 N–H and O–H groups in total. The summed E-state index contributed by atoms with van der Waals surface area (Å²) < 4.78 is 20.3. The molecule has 3 aromatic rings. The van der Waals surface area contributed by atoms with Crippen LogP contribution in [-0.2, 0) is 18.4 Å². The average molecular weight is 465 g/mol. The predicted octanol–water partition coefficient (Wildman–Crippen LogP) is 2.73. The lowest BCUT2D eigenvalue weighted by Crippen LogP contribution is -2.21. The van der Waals surface area contributed by atoms with Crippen molar-refractivity contribution in [3.8, 4) is 5.75 Å². The molecule has 2 amide bonds. The van der Waals surface area contributed by atoms with Gasteiger partial charge < -0.3 is 19.5 Å². The van der Waals surface area contributed by atoms with E-state index in [0.717, 1.165) is 11.3 Å². The molecule has 1 aromatic carbocycles. The van der Waals surface area contributed by atoms with Crippen LogP contribution in [0.15, 0.2) is 29.4 Å². The number of benzene rings is 1. The highest BCUT2D eigenvalue weighted by Gasteiger charge is 2.18. The summed E-state index contributed by atoms with van der Waals surface area (Å²) in [7, 11) is 5.10. The van der Waals surface area contributed by atoms with Gasteiger partial charge in [-0.3, -0.25) is 9.59 Å². The molecule has 3 rings (SSSR count). The number of rotatable bonds is 8. The van der Waals surface area contributed by atoms with Crippen molar-refractivity contribution in [1.82, 2.24) is 24.6 Å². The van der Waals surface area contributed by atoms with Crippen LogP contribution in [-0.4, -0.2) is 56.3 Å². The van der Waals surface area contributed by atoms with E-state index in [4.69, 9.17) is 4.74 Å². The Hall–Kier alpha value is -2.99. The largest absolute Gasteiger partial charge is 0.486 e. The quantitative estimate of drug-likeness (QED) is 0.512. The number of amides is 2. The van der Waals surface area contributed by atoms with Gasteiger partial charge in [-0.25, -0.2) is 9.37 Å². The fourth-order valence-corrected chi connectivity index (χ4v) is 4.15. The van der Waals surface area contributed by atoms with E-state index in [0.29, 0.717) is 32.4 Å². The molecule has 0 atom stereocenters. The molecule has 164 valence electrons. The standard InChI is InChI=1S/C19H21FN6O3S2/c1-11-16(17(28)25(2)3)31-18(21-11)22-15(27)10-30-19-24-23-14(26(19)4)9-29-13-7-5-12(20)6-8-13/h5-8H,9-10H2,1-4H3,(H,21,22,27). The highest BCUT2D eigenvalue weighted by molar-refractivity contribution is 7.99. The van der Waals surface area contributed by atoms with Crippen LogP contribution in [0, 0.1) is 12.7 Å². The van der Waals surface area contributed by atoms with E-state index in [1.807, 2.05) is 0 Å². The first-order valence-electron chi connectivity index (χ1n) is 9.13. The molecule has 9 nitrogen and oxygen atoms in total. The van der Waals surface area contributed by atoms with E-state index in [9.17, 15) is 14.0 Å². The normalized spacial score (nSPS) is 10.7. The fourth-order valence-electron chi connectivity index (χ4n) is 2.41.